The maximum Gasteiger partial charge on any atom is 0.139 e. The number of aliphatic hydroxyl groups excluding tert-OH is 1. The summed E-state index contributed by atoms with van der Waals surface area (Å²) in [4.78, 5) is 0. The number of benzene rings is 2. The number of rotatable bonds is 6. The summed E-state index contributed by atoms with van der Waals surface area (Å²) in [6.45, 7) is 0.530. The molecule has 1 atom stereocenters. The average Bonchev–Trinajstić information content (AvgIpc) is 2.47. The largest absolute Gasteiger partial charge is 0.489 e. The maximum atomic E-state index is 9.87. The van der Waals surface area contributed by atoms with Crippen molar-refractivity contribution in [2.45, 2.75) is 6.10 Å². The molecule has 1 unspecified atom stereocenters. The fraction of sp³-hybridized carbons (Fsp3) is 0.200. The van der Waals surface area contributed by atoms with Crippen molar-refractivity contribution in [2.75, 3.05) is 18.5 Å². The number of nitrogens with one attached hydrogen (secondary N) is 1. The van der Waals surface area contributed by atoms with Gasteiger partial charge in [0, 0.05) is 23.3 Å². The second-order valence-corrected chi connectivity index (χ2v) is 5.13. The first-order valence-electron chi connectivity index (χ1n) is 6.20. The number of aliphatic hydroxyl groups is 1. The van der Waals surface area contributed by atoms with Crippen LogP contribution in [0.15, 0.2) is 48.5 Å². The van der Waals surface area contributed by atoms with Crippen LogP contribution in [0.3, 0.4) is 0 Å². The molecule has 3 nitrogen and oxygen atoms in total. The van der Waals surface area contributed by atoms with Gasteiger partial charge in [-0.15, -0.1) is 0 Å². The molecule has 0 aliphatic heterocycles. The third kappa shape index (κ3) is 4.60. The van der Waals surface area contributed by atoms with Crippen molar-refractivity contribution < 1.29 is 9.84 Å². The highest BCUT2D eigenvalue weighted by Crippen LogP contribution is 2.27. The molecule has 0 heterocycles. The summed E-state index contributed by atoms with van der Waals surface area (Å²) in [6, 6.07) is 14.6. The van der Waals surface area contributed by atoms with Gasteiger partial charge in [-0.25, -0.2) is 0 Å². The Morgan fingerprint density at radius 3 is 2.60 bits per heavy atom. The zero-order valence-corrected chi connectivity index (χ0v) is 12.2. The van der Waals surface area contributed by atoms with E-state index in [1.807, 2.05) is 30.3 Å². The van der Waals surface area contributed by atoms with Crippen LogP contribution in [0.5, 0.6) is 5.75 Å². The van der Waals surface area contributed by atoms with E-state index in [2.05, 4.69) is 5.32 Å². The highest BCUT2D eigenvalue weighted by Gasteiger charge is 2.08. The molecule has 0 aromatic heterocycles. The van der Waals surface area contributed by atoms with Gasteiger partial charge in [-0.3, -0.25) is 0 Å². The molecule has 0 amide bonds. The SMILES string of the molecule is OC(CNc1ccccc1)COc1cc(Cl)ccc1Cl. The van der Waals surface area contributed by atoms with Gasteiger partial charge < -0.3 is 15.2 Å². The van der Waals surface area contributed by atoms with Crippen molar-refractivity contribution in [1.82, 2.24) is 0 Å². The third-order valence-electron chi connectivity index (χ3n) is 2.64. The summed E-state index contributed by atoms with van der Waals surface area (Å²) in [7, 11) is 0. The highest BCUT2D eigenvalue weighted by atomic mass is 35.5. The Balaban J connectivity index is 1.80. The van der Waals surface area contributed by atoms with Gasteiger partial charge in [-0.05, 0) is 24.3 Å². The predicted molar refractivity (Wildman–Crippen MR) is 82.9 cm³/mol. The van der Waals surface area contributed by atoms with Crippen LogP contribution in [0.25, 0.3) is 0 Å². The molecule has 0 spiro atoms. The average molecular weight is 312 g/mol. The fourth-order valence-electron chi connectivity index (χ4n) is 1.62. The van der Waals surface area contributed by atoms with E-state index >= 15 is 0 Å². The molecule has 0 saturated carbocycles. The number of ether oxygens (including phenoxy) is 1. The van der Waals surface area contributed by atoms with E-state index in [0.29, 0.717) is 22.3 Å². The fourth-order valence-corrected chi connectivity index (χ4v) is 1.96. The van der Waals surface area contributed by atoms with Crippen molar-refractivity contribution in [1.29, 1.82) is 0 Å². The van der Waals surface area contributed by atoms with Gasteiger partial charge >= 0.3 is 0 Å². The van der Waals surface area contributed by atoms with E-state index in [9.17, 15) is 5.11 Å². The van der Waals surface area contributed by atoms with Crippen molar-refractivity contribution in [2.24, 2.45) is 0 Å². The van der Waals surface area contributed by atoms with Gasteiger partial charge in [0.05, 0.1) is 5.02 Å². The van der Waals surface area contributed by atoms with Gasteiger partial charge in [-0.2, -0.15) is 0 Å². The van der Waals surface area contributed by atoms with Crippen LogP contribution < -0.4 is 10.1 Å². The smallest absolute Gasteiger partial charge is 0.139 e. The van der Waals surface area contributed by atoms with Crippen LogP contribution in [0.4, 0.5) is 5.69 Å². The van der Waals surface area contributed by atoms with E-state index in [4.69, 9.17) is 27.9 Å². The lowest BCUT2D eigenvalue weighted by atomic mass is 10.3. The summed E-state index contributed by atoms with van der Waals surface area (Å²) in [6.07, 6.45) is -0.648. The zero-order valence-electron chi connectivity index (χ0n) is 10.7. The summed E-state index contributed by atoms with van der Waals surface area (Å²) in [5.74, 6) is 0.470. The minimum absolute atomic E-state index is 0.139. The second kappa shape index (κ2) is 7.39. The first kappa shape index (κ1) is 15.0. The Labute approximate surface area is 128 Å². The molecule has 106 valence electrons. The van der Waals surface area contributed by atoms with E-state index in [1.165, 1.54) is 0 Å². The first-order valence-corrected chi connectivity index (χ1v) is 6.95. The van der Waals surface area contributed by atoms with Crippen LogP contribution in [0.2, 0.25) is 10.0 Å². The topological polar surface area (TPSA) is 41.5 Å². The molecule has 0 radical (unpaired) electrons. The minimum atomic E-state index is -0.648. The molecule has 2 aromatic rings. The van der Waals surface area contributed by atoms with E-state index in [-0.39, 0.29) is 6.61 Å². The highest BCUT2D eigenvalue weighted by molar-refractivity contribution is 6.34. The summed E-state index contributed by atoms with van der Waals surface area (Å²) >= 11 is 11.8. The zero-order chi connectivity index (χ0) is 14.4. The normalized spacial score (nSPS) is 11.9. The molecule has 5 heteroatoms. The Bertz CT molecular complexity index is 549. The van der Waals surface area contributed by atoms with Gasteiger partial charge in [0.15, 0.2) is 0 Å². The molecule has 0 aliphatic rings. The maximum absolute atomic E-state index is 9.87. The number of anilines is 1. The summed E-state index contributed by atoms with van der Waals surface area (Å²) in [5.41, 5.74) is 0.951. The van der Waals surface area contributed by atoms with Crippen molar-refractivity contribution in [3.05, 3.63) is 58.6 Å². The third-order valence-corrected chi connectivity index (χ3v) is 3.19. The summed E-state index contributed by atoms with van der Waals surface area (Å²) in [5, 5.41) is 14.0. The molecule has 0 bridgehead atoms. The van der Waals surface area contributed by atoms with Crippen LogP contribution in [0, 0.1) is 0 Å². The molecule has 0 saturated heterocycles. The number of halogens is 2. The molecular formula is C15H15Cl2NO2. The van der Waals surface area contributed by atoms with Crippen LogP contribution in [-0.2, 0) is 0 Å². The molecular weight excluding hydrogens is 297 g/mol. The Hall–Kier alpha value is -1.42. The Morgan fingerprint density at radius 2 is 1.85 bits per heavy atom. The first-order chi connectivity index (χ1) is 9.65. The Morgan fingerprint density at radius 1 is 1.10 bits per heavy atom. The lowest BCUT2D eigenvalue weighted by molar-refractivity contribution is 0.117. The van der Waals surface area contributed by atoms with Gasteiger partial charge in [0.1, 0.15) is 18.5 Å². The van der Waals surface area contributed by atoms with Crippen molar-refractivity contribution in [3.63, 3.8) is 0 Å². The summed E-state index contributed by atoms with van der Waals surface area (Å²) < 4.78 is 5.46. The number of hydrogen-bond acceptors (Lipinski definition) is 3. The van der Waals surface area contributed by atoms with Gasteiger partial charge in [-0.1, -0.05) is 41.4 Å². The standard InChI is InChI=1S/C15H15Cl2NO2/c16-11-6-7-14(17)15(8-11)20-10-13(19)9-18-12-4-2-1-3-5-12/h1-8,13,18-19H,9-10H2. The van der Waals surface area contributed by atoms with Crippen molar-refractivity contribution in [3.8, 4) is 5.75 Å². The van der Waals surface area contributed by atoms with Crippen LogP contribution in [0.1, 0.15) is 0 Å². The molecule has 0 fully saturated rings. The Kier molecular flexibility index (Phi) is 5.53. The van der Waals surface area contributed by atoms with E-state index in [0.717, 1.165) is 5.69 Å². The number of hydrogen-bond donors (Lipinski definition) is 2. The lowest BCUT2D eigenvalue weighted by Gasteiger charge is -2.14. The van der Waals surface area contributed by atoms with Gasteiger partial charge in [0.25, 0.3) is 0 Å². The van der Waals surface area contributed by atoms with E-state index < -0.39 is 6.10 Å². The minimum Gasteiger partial charge on any atom is -0.489 e. The quantitative estimate of drug-likeness (QED) is 0.851. The molecule has 2 N–H and O–H groups in total. The van der Waals surface area contributed by atoms with Crippen LogP contribution >= 0.6 is 23.2 Å². The molecule has 20 heavy (non-hydrogen) atoms. The molecule has 2 aromatic carbocycles. The number of para-hydroxylation sites is 1. The predicted octanol–water partition coefficient (Wildman–Crippen LogP) is 3.85. The van der Waals surface area contributed by atoms with Crippen LogP contribution in [-0.4, -0.2) is 24.4 Å². The lowest BCUT2D eigenvalue weighted by Crippen LogP contribution is -2.26. The second-order valence-electron chi connectivity index (χ2n) is 4.29. The van der Waals surface area contributed by atoms with E-state index in [1.54, 1.807) is 18.2 Å². The van der Waals surface area contributed by atoms with Crippen molar-refractivity contribution >= 4 is 28.9 Å². The molecule has 0 aliphatic carbocycles. The molecule has 2 rings (SSSR count). The van der Waals surface area contributed by atoms with Gasteiger partial charge in [0.2, 0.25) is 0 Å². The monoisotopic (exact) mass is 311 g/mol.